The fraction of sp³-hybridized carbons (Fsp3) is 0.308. The van der Waals surface area contributed by atoms with Gasteiger partial charge in [0, 0.05) is 6.42 Å². The number of hydrogen-bond donors (Lipinski definition) is 3. The largest absolute Gasteiger partial charge is 0.480 e. The first-order valence-corrected chi connectivity index (χ1v) is 6.04. The van der Waals surface area contributed by atoms with Crippen LogP contribution in [0.15, 0.2) is 35.5 Å². The van der Waals surface area contributed by atoms with E-state index in [1.54, 1.807) is 0 Å². The monoisotopic (exact) mass is 278 g/mol. The topological polar surface area (TPSA) is 108 Å². The molecule has 1 heterocycles. The average molecular weight is 278 g/mol. The molecule has 7 heteroatoms. The Balaban J connectivity index is 1.94. The predicted octanol–water partition coefficient (Wildman–Crippen LogP) is -0.259. The lowest BCUT2D eigenvalue weighted by molar-refractivity contribution is -0.145. The second-order valence-electron chi connectivity index (χ2n) is 4.28. The zero-order chi connectivity index (χ0) is 14.5. The summed E-state index contributed by atoms with van der Waals surface area (Å²) >= 11 is 0. The van der Waals surface area contributed by atoms with E-state index < -0.39 is 30.6 Å². The van der Waals surface area contributed by atoms with Crippen LogP contribution in [0.2, 0.25) is 0 Å². The second-order valence-corrected chi connectivity index (χ2v) is 4.28. The molecule has 2 rings (SSSR count). The minimum atomic E-state index is -1.34. The lowest BCUT2D eigenvalue weighted by atomic mass is 10.0. The van der Waals surface area contributed by atoms with Crippen LogP contribution in [0.1, 0.15) is 12.0 Å². The molecule has 1 amide bonds. The summed E-state index contributed by atoms with van der Waals surface area (Å²) in [5.41, 5.74) is 1.47. The highest BCUT2D eigenvalue weighted by Crippen LogP contribution is 2.16. The normalized spacial score (nSPS) is 18.9. The zero-order valence-electron chi connectivity index (χ0n) is 10.5. The summed E-state index contributed by atoms with van der Waals surface area (Å²) < 4.78 is 0. The van der Waals surface area contributed by atoms with Gasteiger partial charge < -0.3 is 20.4 Å². The molecule has 0 aliphatic carbocycles. The minimum Gasteiger partial charge on any atom is -0.480 e. The van der Waals surface area contributed by atoms with Crippen molar-refractivity contribution in [3.05, 3.63) is 35.9 Å². The molecule has 1 aromatic carbocycles. The Morgan fingerprint density at radius 3 is 2.70 bits per heavy atom. The number of carbonyl (C=O) groups excluding carboxylic acids is 1. The Morgan fingerprint density at radius 1 is 1.40 bits per heavy atom. The number of amides is 1. The number of hydrogen-bond acceptors (Lipinski definition) is 5. The van der Waals surface area contributed by atoms with Gasteiger partial charge in [-0.05, 0) is 5.56 Å². The Kier molecular flexibility index (Phi) is 4.31. The van der Waals surface area contributed by atoms with E-state index in [0.29, 0.717) is 5.71 Å². The van der Waals surface area contributed by atoms with Crippen molar-refractivity contribution in [2.24, 2.45) is 5.16 Å². The van der Waals surface area contributed by atoms with E-state index >= 15 is 0 Å². The maximum absolute atomic E-state index is 11.8. The minimum absolute atomic E-state index is 0.258. The van der Waals surface area contributed by atoms with Gasteiger partial charge >= 0.3 is 5.97 Å². The Hall–Kier alpha value is -2.41. The number of rotatable bonds is 5. The molecule has 1 unspecified atom stereocenters. The van der Waals surface area contributed by atoms with E-state index in [2.05, 4.69) is 10.5 Å². The third kappa shape index (κ3) is 3.12. The third-order valence-corrected chi connectivity index (χ3v) is 2.87. The standard InChI is InChI=1S/C13H14N2O5/c16-7-10(13(18)19)14-12(17)11-6-9(15-20-11)8-4-2-1-3-5-8/h1-5,10-11,16H,6-7H2,(H,14,17)(H,18,19)/t10-,11?/m1/s1. The van der Waals surface area contributed by atoms with Crippen LogP contribution in [-0.2, 0) is 14.4 Å². The quantitative estimate of drug-likeness (QED) is 0.687. The Bertz CT molecular complexity index is 529. The maximum Gasteiger partial charge on any atom is 0.328 e. The summed E-state index contributed by atoms with van der Waals surface area (Å²) in [4.78, 5) is 27.5. The molecular weight excluding hydrogens is 264 g/mol. The molecular formula is C13H14N2O5. The van der Waals surface area contributed by atoms with E-state index in [9.17, 15) is 9.59 Å². The van der Waals surface area contributed by atoms with Crippen LogP contribution in [-0.4, -0.2) is 46.6 Å². The Labute approximate surface area is 114 Å². The van der Waals surface area contributed by atoms with Gasteiger partial charge in [-0.3, -0.25) is 4.79 Å². The molecule has 3 N–H and O–H groups in total. The van der Waals surface area contributed by atoms with E-state index in [4.69, 9.17) is 15.1 Å². The lowest BCUT2D eigenvalue weighted by Gasteiger charge is -2.14. The van der Waals surface area contributed by atoms with E-state index in [1.807, 2.05) is 30.3 Å². The summed E-state index contributed by atoms with van der Waals surface area (Å²) in [6.45, 7) is -0.680. The zero-order valence-corrected chi connectivity index (χ0v) is 10.5. The number of benzene rings is 1. The molecule has 20 heavy (non-hydrogen) atoms. The van der Waals surface area contributed by atoms with E-state index in [-0.39, 0.29) is 6.42 Å². The van der Waals surface area contributed by atoms with E-state index in [1.165, 1.54) is 0 Å². The summed E-state index contributed by atoms with van der Waals surface area (Å²) in [6.07, 6.45) is -0.619. The maximum atomic E-state index is 11.8. The number of aliphatic hydroxyl groups excluding tert-OH is 1. The molecule has 106 valence electrons. The Morgan fingerprint density at radius 2 is 2.10 bits per heavy atom. The number of carboxylic acid groups (broad SMARTS) is 1. The van der Waals surface area contributed by atoms with Crippen LogP contribution in [0.5, 0.6) is 0 Å². The van der Waals surface area contributed by atoms with Crippen molar-refractivity contribution in [1.82, 2.24) is 5.32 Å². The van der Waals surface area contributed by atoms with Gasteiger partial charge in [0.1, 0.15) is 6.04 Å². The van der Waals surface area contributed by atoms with Crippen LogP contribution < -0.4 is 5.32 Å². The van der Waals surface area contributed by atoms with Gasteiger partial charge in [0.25, 0.3) is 5.91 Å². The SMILES string of the molecule is O=C(N[C@H](CO)C(=O)O)C1CC(c2ccccc2)=NO1. The van der Waals surface area contributed by atoms with Gasteiger partial charge in [0.2, 0.25) is 6.10 Å². The third-order valence-electron chi connectivity index (χ3n) is 2.87. The molecule has 7 nitrogen and oxygen atoms in total. The number of nitrogens with zero attached hydrogens (tertiary/aromatic N) is 1. The van der Waals surface area contributed by atoms with Crippen LogP contribution in [0.4, 0.5) is 0 Å². The summed E-state index contributed by atoms with van der Waals surface area (Å²) in [5.74, 6) is -1.91. The molecule has 0 radical (unpaired) electrons. The molecule has 0 spiro atoms. The highest BCUT2D eigenvalue weighted by molar-refractivity contribution is 6.04. The van der Waals surface area contributed by atoms with Gasteiger partial charge in [0.05, 0.1) is 12.3 Å². The highest BCUT2D eigenvalue weighted by atomic mass is 16.6. The smallest absolute Gasteiger partial charge is 0.328 e. The van der Waals surface area contributed by atoms with Crippen molar-refractivity contribution in [1.29, 1.82) is 0 Å². The molecule has 0 saturated carbocycles. The van der Waals surface area contributed by atoms with Crippen LogP contribution in [0, 0.1) is 0 Å². The molecule has 1 aromatic rings. The summed E-state index contributed by atoms with van der Waals surface area (Å²) in [6, 6.07) is 7.90. The second kappa shape index (κ2) is 6.16. The number of aliphatic carboxylic acids is 1. The van der Waals surface area contributed by atoms with Crippen molar-refractivity contribution in [3.63, 3.8) is 0 Å². The van der Waals surface area contributed by atoms with Gasteiger partial charge in [-0.1, -0.05) is 35.5 Å². The number of nitrogens with one attached hydrogen (secondary N) is 1. The molecule has 0 fully saturated rings. The molecule has 0 bridgehead atoms. The van der Waals surface area contributed by atoms with Crippen molar-refractivity contribution in [2.45, 2.75) is 18.6 Å². The predicted molar refractivity (Wildman–Crippen MR) is 69.1 cm³/mol. The number of oxime groups is 1. The molecule has 1 aliphatic heterocycles. The fourth-order valence-corrected chi connectivity index (χ4v) is 1.77. The molecule has 1 aliphatic rings. The van der Waals surface area contributed by atoms with Crippen molar-refractivity contribution < 1.29 is 24.6 Å². The van der Waals surface area contributed by atoms with Gasteiger partial charge in [-0.2, -0.15) is 0 Å². The summed E-state index contributed by atoms with van der Waals surface area (Å²) in [7, 11) is 0. The van der Waals surface area contributed by atoms with Gasteiger partial charge in [0.15, 0.2) is 0 Å². The van der Waals surface area contributed by atoms with E-state index in [0.717, 1.165) is 5.56 Å². The van der Waals surface area contributed by atoms with Crippen molar-refractivity contribution in [3.8, 4) is 0 Å². The van der Waals surface area contributed by atoms with Crippen LogP contribution in [0.25, 0.3) is 0 Å². The highest BCUT2D eigenvalue weighted by Gasteiger charge is 2.31. The first kappa shape index (κ1) is 14.0. The fourth-order valence-electron chi connectivity index (χ4n) is 1.77. The van der Waals surface area contributed by atoms with Gasteiger partial charge in [-0.25, -0.2) is 4.79 Å². The lowest BCUT2D eigenvalue weighted by Crippen LogP contribution is -2.47. The first-order valence-electron chi connectivity index (χ1n) is 6.04. The average Bonchev–Trinajstić information content (AvgIpc) is 2.95. The van der Waals surface area contributed by atoms with Gasteiger partial charge in [-0.15, -0.1) is 0 Å². The number of aliphatic hydroxyl groups is 1. The van der Waals surface area contributed by atoms with Crippen LogP contribution >= 0.6 is 0 Å². The molecule has 2 atom stereocenters. The summed E-state index contributed by atoms with van der Waals surface area (Å²) in [5, 5.41) is 23.6. The first-order chi connectivity index (χ1) is 9.61. The number of carbonyl (C=O) groups is 2. The van der Waals surface area contributed by atoms with Crippen molar-refractivity contribution >= 4 is 17.6 Å². The molecule has 0 saturated heterocycles. The van der Waals surface area contributed by atoms with Crippen molar-refractivity contribution in [2.75, 3.05) is 6.61 Å². The number of carboxylic acids is 1. The van der Waals surface area contributed by atoms with Crippen LogP contribution in [0.3, 0.4) is 0 Å². The molecule has 0 aromatic heterocycles.